The Morgan fingerprint density at radius 2 is 1.67 bits per heavy atom. The molecule has 2 aromatic carbocycles. The molecule has 2 heteroatoms. The summed E-state index contributed by atoms with van der Waals surface area (Å²) in [5, 5.41) is 4.52. The molecule has 0 saturated carbocycles. The predicted molar refractivity (Wildman–Crippen MR) is 92.0 cm³/mol. The molecular formula is C19H24ClN. The molecule has 0 amide bonds. The highest BCUT2D eigenvalue weighted by Crippen LogP contribution is 2.25. The van der Waals surface area contributed by atoms with Crippen LogP contribution in [0.1, 0.15) is 54.6 Å². The first-order valence-corrected chi connectivity index (χ1v) is 7.97. The van der Waals surface area contributed by atoms with Crippen LogP contribution in [0.4, 0.5) is 0 Å². The second-order valence-electron chi connectivity index (χ2n) is 5.83. The minimum absolute atomic E-state index is 0.313. The highest BCUT2D eigenvalue weighted by atomic mass is 35.5. The molecule has 2 aromatic rings. The molecule has 112 valence electrons. The van der Waals surface area contributed by atoms with Crippen molar-refractivity contribution in [3.63, 3.8) is 0 Å². The first-order chi connectivity index (χ1) is 9.99. The summed E-state index contributed by atoms with van der Waals surface area (Å²) in [6, 6.07) is 15.5. The van der Waals surface area contributed by atoms with Crippen molar-refractivity contribution in [3.05, 3.63) is 69.7 Å². The van der Waals surface area contributed by atoms with Crippen molar-refractivity contribution in [1.82, 2.24) is 5.32 Å². The summed E-state index contributed by atoms with van der Waals surface area (Å²) in [6.45, 7) is 8.73. The maximum Gasteiger partial charge on any atom is 0.0409 e. The molecule has 2 rings (SSSR count). The lowest BCUT2D eigenvalue weighted by atomic mass is 9.99. The van der Waals surface area contributed by atoms with Gasteiger partial charge < -0.3 is 5.32 Å². The van der Waals surface area contributed by atoms with E-state index in [0.717, 1.165) is 11.4 Å². The molecule has 0 aliphatic carbocycles. The predicted octanol–water partition coefficient (Wildman–Crippen LogP) is 5.76. The zero-order valence-corrected chi connectivity index (χ0v) is 14.0. The third-order valence-electron chi connectivity index (χ3n) is 3.85. The fraction of sp³-hybridized carbons (Fsp3) is 0.368. The number of aryl methyl sites for hydroxylation is 2. The Bertz CT molecular complexity index is 586. The monoisotopic (exact) mass is 301 g/mol. The van der Waals surface area contributed by atoms with Gasteiger partial charge in [-0.1, -0.05) is 60.0 Å². The number of nitrogens with one attached hydrogen (secondary N) is 1. The lowest BCUT2D eigenvalue weighted by molar-refractivity contribution is 0.456. The lowest BCUT2D eigenvalue weighted by Gasteiger charge is -2.24. The van der Waals surface area contributed by atoms with Crippen molar-refractivity contribution < 1.29 is 0 Å². The van der Waals surface area contributed by atoms with Gasteiger partial charge in [0, 0.05) is 17.1 Å². The first-order valence-electron chi connectivity index (χ1n) is 7.59. The summed E-state index contributed by atoms with van der Waals surface area (Å²) >= 11 is 6.11. The molecule has 1 nitrogen and oxygen atoms in total. The van der Waals surface area contributed by atoms with E-state index in [9.17, 15) is 0 Å². The van der Waals surface area contributed by atoms with Gasteiger partial charge in [-0.15, -0.1) is 0 Å². The van der Waals surface area contributed by atoms with Crippen molar-refractivity contribution in [2.24, 2.45) is 0 Å². The third kappa shape index (κ3) is 4.33. The largest absolute Gasteiger partial charge is 0.303 e. The SMILES string of the molecule is CCC(NC(C)c1cc(C)cc(C)c1)c1cccc(Cl)c1. The fourth-order valence-electron chi connectivity index (χ4n) is 2.83. The van der Waals surface area contributed by atoms with Gasteiger partial charge in [0.2, 0.25) is 0 Å². The van der Waals surface area contributed by atoms with Crippen molar-refractivity contribution in [3.8, 4) is 0 Å². The maximum absolute atomic E-state index is 6.11. The van der Waals surface area contributed by atoms with E-state index in [4.69, 9.17) is 11.6 Å². The van der Waals surface area contributed by atoms with Gasteiger partial charge in [0.1, 0.15) is 0 Å². The number of halogens is 1. The van der Waals surface area contributed by atoms with Gasteiger partial charge in [-0.25, -0.2) is 0 Å². The number of rotatable bonds is 5. The molecule has 0 fully saturated rings. The first kappa shape index (κ1) is 16.1. The zero-order valence-electron chi connectivity index (χ0n) is 13.3. The summed E-state index contributed by atoms with van der Waals surface area (Å²) in [7, 11) is 0. The number of hydrogen-bond donors (Lipinski definition) is 1. The van der Waals surface area contributed by atoms with Gasteiger partial charge in [0.25, 0.3) is 0 Å². The molecule has 2 atom stereocenters. The van der Waals surface area contributed by atoms with Crippen LogP contribution in [0, 0.1) is 13.8 Å². The van der Waals surface area contributed by atoms with E-state index in [1.54, 1.807) is 0 Å². The quantitative estimate of drug-likeness (QED) is 0.740. The molecule has 0 spiro atoms. The molecule has 2 unspecified atom stereocenters. The van der Waals surface area contributed by atoms with E-state index in [0.29, 0.717) is 12.1 Å². The van der Waals surface area contributed by atoms with Crippen LogP contribution in [-0.2, 0) is 0 Å². The van der Waals surface area contributed by atoms with Crippen molar-refractivity contribution >= 4 is 11.6 Å². The van der Waals surface area contributed by atoms with Gasteiger partial charge in [-0.3, -0.25) is 0 Å². The van der Waals surface area contributed by atoms with Crippen molar-refractivity contribution in [1.29, 1.82) is 0 Å². The van der Waals surface area contributed by atoms with Gasteiger partial charge in [0.05, 0.1) is 0 Å². The second-order valence-corrected chi connectivity index (χ2v) is 6.26. The van der Waals surface area contributed by atoms with Crippen LogP contribution in [0.3, 0.4) is 0 Å². The number of benzene rings is 2. The van der Waals surface area contributed by atoms with E-state index >= 15 is 0 Å². The van der Waals surface area contributed by atoms with E-state index in [1.165, 1.54) is 22.3 Å². The number of hydrogen-bond acceptors (Lipinski definition) is 1. The molecule has 0 aromatic heterocycles. The summed E-state index contributed by atoms with van der Waals surface area (Å²) in [6.07, 6.45) is 1.04. The smallest absolute Gasteiger partial charge is 0.0409 e. The van der Waals surface area contributed by atoms with E-state index in [-0.39, 0.29) is 0 Å². The molecule has 0 bridgehead atoms. The van der Waals surface area contributed by atoms with Crippen LogP contribution in [0.25, 0.3) is 0 Å². The lowest BCUT2D eigenvalue weighted by Crippen LogP contribution is -2.24. The minimum Gasteiger partial charge on any atom is -0.303 e. The van der Waals surface area contributed by atoms with Gasteiger partial charge in [-0.2, -0.15) is 0 Å². The molecule has 0 aliphatic heterocycles. The second kappa shape index (κ2) is 7.11. The summed E-state index contributed by atoms with van der Waals surface area (Å²) in [5.41, 5.74) is 5.22. The van der Waals surface area contributed by atoms with E-state index in [2.05, 4.69) is 63.3 Å². The van der Waals surface area contributed by atoms with E-state index < -0.39 is 0 Å². The van der Waals surface area contributed by atoms with Gasteiger partial charge in [0.15, 0.2) is 0 Å². The van der Waals surface area contributed by atoms with Crippen LogP contribution >= 0.6 is 11.6 Å². The zero-order chi connectivity index (χ0) is 15.4. The molecular weight excluding hydrogens is 278 g/mol. The Morgan fingerprint density at radius 3 is 2.24 bits per heavy atom. The highest BCUT2D eigenvalue weighted by Gasteiger charge is 2.14. The minimum atomic E-state index is 0.313. The van der Waals surface area contributed by atoms with Crippen LogP contribution in [0.2, 0.25) is 5.02 Å². The standard InChI is InChI=1S/C19H24ClN/c1-5-19(16-7-6-8-18(20)12-16)21-15(4)17-10-13(2)9-14(3)11-17/h6-12,15,19,21H,5H2,1-4H3. The maximum atomic E-state index is 6.11. The Kier molecular flexibility index (Phi) is 5.44. The Labute approximate surface area is 133 Å². The molecule has 0 radical (unpaired) electrons. The van der Waals surface area contributed by atoms with Crippen LogP contribution in [0.5, 0.6) is 0 Å². The van der Waals surface area contributed by atoms with Crippen molar-refractivity contribution in [2.45, 2.75) is 46.2 Å². The van der Waals surface area contributed by atoms with Gasteiger partial charge in [-0.05, 0) is 50.5 Å². The third-order valence-corrected chi connectivity index (χ3v) is 4.09. The topological polar surface area (TPSA) is 12.0 Å². The Morgan fingerprint density at radius 1 is 1.00 bits per heavy atom. The molecule has 0 aliphatic rings. The van der Waals surface area contributed by atoms with Crippen LogP contribution in [-0.4, -0.2) is 0 Å². The highest BCUT2D eigenvalue weighted by molar-refractivity contribution is 6.30. The summed E-state index contributed by atoms with van der Waals surface area (Å²) < 4.78 is 0. The average molecular weight is 302 g/mol. The fourth-order valence-corrected chi connectivity index (χ4v) is 3.03. The van der Waals surface area contributed by atoms with Crippen molar-refractivity contribution in [2.75, 3.05) is 0 Å². The summed E-state index contributed by atoms with van der Waals surface area (Å²) in [5.74, 6) is 0. The van der Waals surface area contributed by atoms with Crippen LogP contribution in [0.15, 0.2) is 42.5 Å². The normalized spacial score (nSPS) is 14.0. The van der Waals surface area contributed by atoms with Crippen LogP contribution < -0.4 is 5.32 Å². The van der Waals surface area contributed by atoms with Gasteiger partial charge >= 0.3 is 0 Å². The molecule has 0 saturated heterocycles. The molecule has 1 N–H and O–H groups in total. The average Bonchev–Trinajstić information content (AvgIpc) is 2.43. The molecule has 0 heterocycles. The Balaban J connectivity index is 2.18. The molecule has 21 heavy (non-hydrogen) atoms. The Hall–Kier alpha value is -1.31. The van der Waals surface area contributed by atoms with E-state index in [1.807, 2.05) is 12.1 Å². The summed E-state index contributed by atoms with van der Waals surface area (Å²) in [4.78, 5) is 0.